The molecule has 2 aromatic rings. The van der Waals surface area contributed by atoms with Crippen molar-refractivity contribution < 1.29 is 14.3 Å². The topological polar surface area (TPSA) is 53.4 Å². The van der Waals surface area contributed by atoms with Crippen LogP contribution < -0.4 is 4.74 Å². The minimum atomic E-state index is -0.525. The lowest BCUT2D eigenvalue weighted by atomic mass is 9.97. The summed E-state index contributed by atoms with van der Waals surface area (Å²) in [4.78, 5) is 16.2. The van der Waals surface area contributed by atoms with Crippen molar-refractivity contribution in [3.63, 3.8) is 0 Å². The first kappa shape index (κ1) is 21.6. The lowest BCUT2D eigenvalue weighted by molar-refractivity contribution is 0.0536. The van der Waals surface area contributed by atoms with Gasteiger partial charge in [0.05, 0.1) is 12.3 Å². The van der Waals surface area contributed by atoms with Gasteiger partial charge in [-0.15, -0.1) is 0 Å². The number of carbonyl (C=O) groups excluding carboxylic acids is 1. The summed E-state index contributed by atoms with van der Waals surface area (Å²) >= 11 is 0. The van der Waals surface area contributed by atoms with Crippen molar-refractivity contribution in [1.29, 1.82) is 0 Å². The Kier molecular flexibility index (Phi) is 6.90. The zero-order valence-electron chi connectivity index (χ0n) is 17.7. The summed E-state index contributed by atoms with van der Waals surface area (Å²) in [5.41, 5.74) is 1.28. The van der Waals surface area contributed by atoms with Crippen molar-refractivity contribution in [2.75, 3.05) is 6.61 Å². The van der Waals surface area contributed by atoms with E-state index in [0.29, 0.717) is 6.61 Å². The maximum absolute atomic E-state index is 12.0. The molecule has 0 aliphatic heterocycles. The second kappa shape index (κ2) is 8.97. The van der Waals surface area contributed by atoms with Gasteiger partial charge in [0.1, 0.15) is 17.7 Å². The Morgan fingerprint density at radius 1 is 1.11 bits per heavy atom. The SMILES string of the molecule is CC(C)(C)C#Cc1ccc(OCCCc2cn(C(=O)OC(C)(C)C)cn2)cc1. The maximum atomic E-state index is 12.0. The third-order valence-electron chi connectivity index (χ3n) is 3.52. The number of hydrogen-bond acceptors (Lipinski definition) is 4. The summed E-state index contributed by atoms with van der Waals surface area (Å²) in [5.74, 6) is 7.21. The highest BCUT2D eigenvalue weighted by molar-refractivity contribution is 5.70. The summed E-state index contributed by atoms with van der Waals surface area (Å²) in [5, 5.41) is 0. The van der Waals surface area contributed by atoms with Crippen LogP contribution in [0.15, 0.2) is 36.8 Å². The van der Waals surface area contributed by atoms with Crippen molar-refractivity contribution in [2.45, 2.75) is 60.0 Å². The molecule has 1 heterocycles. The molecule has 5 nitrogen and oxygen atoms in total. The molecule has 0 aliphatic rings. The smallest absolute Gasteiger partial charge is 0.419 e. The van der Waals surface area contributed by atoms with E-state index in [4.69, 9.17) is 9.47 Å². The average Bonchev–Trinajstić information content (AvgIpc) is 3.05. The highest BCUT2D eigenvalue weighted by Crippen LogP contribution is 2.15. The second-order valence-corrected chi connectivity index (χ2v) is 8.73. The molecule has 0 N–H and O–H groups in total. The van der Waals surface area contributed by atoms with E-state index in [2.05, 4.69) is 37.6 Å². The summed E-state index contributed by atoms with van der Waals surface area (Å²) in [7, 11) is 0. The summed E-state index contributed by atoms with van der Waals surface area (Å²) in [6.07, 6.45) is 4.30. The molecule has 0 saturated carbocycles. The lowest BCUT2D eigenvalue weighted by Gasteiger charge is -2.19. The van der Waals surface area contributed by atoms with Crippen LogP contribution in [0.1, 0.15) is 59.2 Å². The van der Waals surface area contributed by atoms with Crippen LogP contribution in [-0.2, 0) is 11.2 Å². The van der Waals surface area contributed by atoms with E-state index in [1.807, 2.05) is 45.0 Å². The molecule has 0 atom stereocenters. The van der Waals surface area contributed by atoms with E-state index in [-0.39, 0.29) is 5.41 Å². The monoisotopic (exact) mass is 382 g/mol. The first-order valence-corrected chi connectivity index (χ1v) is 9.54. The number of rotatable bonds is 5. The van der Waals surface area contributed by atoms with Gasteiger partial charge in [0.2, 0.25) is 0 Å². The van der Waals surface area contributed by atoms with Crippen LogP contribution in [0.3, 0.4) is 0 Å². The van der Waals surface area contributed by atoms with Gasteiger partial charge in [-0.05, 0) is 78.6 Å². The number of nitrogens with zero attached hydrogens (tertiary/aromatic N) is 2. The van der Waals surface area contributed by atoms with Crippen LogP contribution in [-0.4, -0.2) is 27.9 Å². The first-order valence-electron chi connectivity index (χ1n) is 9.54. The fraction of sp³-hybridized carbons (Fsp3) is 0.478. The summed E-state index contributed by atoms with van der Waals surface area (Å²) in [6.45, 7) is 12.4. The van der Waals surface area contributed by atoms with E-state index in [1.54, 1.807) is 6.20 Å². The highest BCUT2D eigenvalue weighted by atomic mass is 16.6. The first-order chi connectivity index (χ1) is 13.0. The van der Waals surface area contributed by atoms with Gasteiger partial charge in [0.15, 0.2) is 0 Å². The van der Waals surface area contributed by atoms with Crippen molar-refractivity contribution in [3.8, 4) is 17.6 Å². The van der Waals surface area contributed by atoms with Gasteiger partial charge < -0.3 is 9.47 Å². The maximum Gasteiger partial charge on any atom is 0.419 e. The van der Waals surface area contributed by atoms with E-state index in [1.165, 1.54) is 10.9 Å². The van der Waals surface area contributed by atoms with Gasteiger partial charge in [0, 0.05) is 17.2 Å². The van der Waals surface area contributed by atoms with Crippen LogP contribution >= 0.6 is 0 Å². The molecule has 0 spiro atoms. The number of hydrogen-bond donors (Lipinski definition) is 0. The van der Waals surface area contributed by atoms with Crippen molar-refractivity contribution in [1.82, 2.24) is 9.55 Å². The van der Waals surface area contributed by atoms with Gasteiger partial charge in [-0.3, -0.25) is 0 Å². The number of aromatic nitrogens is 2. The summed E-state index contributed by atoms with van der Waals surface area (Å²) < 4.78 is 12.5. The Morgan fingerprint density at radius 2 is 1.79 bits per heavy atom. The molecular formula is C23H30N2O3. The Bertz CT molecular complexity index is 841. The fourth-order valence-corrected chi connectivity index (χ4v) is 2.24. The minimum absolute atomic E-state index is 0.00830. The van der Waals surface area contributed by atoms with Crippen LogP contribution in [0, 0.1) is 17.3 Å². The third kappa shape index (κ3) is 7.87. The number of ether oxygens (including phenoxy) is 2. The van der Waals surface area contributed by atoms with Gasteiger partial charge in [-0.2, -0.15) is 0 Å². The average molecular weight is 383 g/mol. The molecule has 0 radical (unpaired) electrons. The van der Waals surface area contributed by atoms with Gasteiger partial charge in [-0.25, -0.2) is 14.3 Å². The largest absolute Gasteiger partial charge is 0.494 e. The zero-order chi connectivity index (χ0) is 20.8. The van der Waals surface area contributed by atoms with E-state index in [0.717, 1.165) is 29.8 Å². The molecule has 150 valence electrons. The highest BCUT2D eigenvalue weighted by Gasteiger charge is 2.17. The second-order valence-electron chi connectivity index (χ2n) is 8.73. The summed E-state index contributed by atoms with van der Waals surface area (Å²) in [6, 6.07) is 7.81. The Hall–Kier alpha value is -2.74. The minimum Gasteiger partial charge on any atom is -0.494 e. The number of imidazole rings is 1. The van der Waals surface area contributed by atoms with E-state index in [9.17, 15) is 4.79 Å². The molecule has 28 heavy (non-hydrogen) atoms. The molecule has 0 fully saturated rings. The number of benzene rings is 1. The Morgan fingerprint density at radius 3 is 2.39 bits per heavy atom. The predicted octanol–water partition coefficient (Wildman–Crippen LogP) is 5.08. The molecule has 1 aromatic carbocycles. The van der Waals surface area contributed by atoms with E-state index < -0.39 is 11.7 Å². The van der Waals surface area contributed by atoms with Gasteiger partial charge in [-0.1, -0.05) is 11.8 Å². The van der Waals surface area contributed by atoms with Gasteiger partial charge in [0.25, 0.3) is 0 Å². The molecule has 0 saturated heterocycles. The van der Waals surface area contributed by atoms with Crippen molar-refractivity contribution in [3.05, 3.63) is 48.0 Å². The van der Waals surface area contributed by atoms with Gasteiger partial charge >= 0.3 is 6.09 Å². The van der Waals surface area contributed by atoms with E-state index >= 15 is 0 Å². The van der Waals surface area contributed by atoms with Crippen LogP contribution in [0.5, 0.6) is 5.75 Å². The Balaban J connectivity index is 1.77. The number of carbonyl (C=O) groups is 1. The third-order valence-corrected chi connectivity index (χ3v) is 3.52. The fourth-order valence-electron chi connectivity index (χ4n) is 2.24. The molecule has 0 bridgehead atoms. The normalized spacial score (nSPS) is 11.5. The Labute approximate surface area is 168 Å². The van der Waals surface area contributed by atoms with Crippen molar-refractivity contribution >= 4 is 6.09 Å². The quantitative estimate of drug-likeness (QED) is 0.535. The molecular weight excluding hydrogens is 352 g/mol. The standard InChI is InChI=1S/C23H30N2O3/c1-22(2,3)14-13-18-9-11-20(12-10-18)27-15-7-8-19-16-25(17-24-19)21(26)28-23(4,5)6/h9-12,16-17H,7-8,15H2,1-6H3. The predicted molar refractivity (Wildman–Crippen MR) is 110 cm³/mol. The van der Waals surface area contributed by atoms with Crippen LogP contribution in [0.2, 0.25) is 0 Å². The molecule has 2 rings (SSSR count). The number of aryl methyl sites for hydroxylation is 1. The molecule has 0 unspecified atom stereocenters. The molecule has 1 aromatic heterocycles. The molecule has 5 heteroatoms. The molecule has 0 aliphatic carbocycles. The van der Waals surface area contributed by atoms with Crippen LogP contribution in [0.25, 0.3) is 0 Å². The zero-order valence-corrected chi connectivity index (χ0v) is 17.7. The lowest BCUT2D eigenvalue weighted by Crippen LogP contribution is -2.26. The van der Waals surface area contributed by atoms with Crippen LogP contribution in [0.4, 0.5) is 4.79 Å². The van der Waals surface area contributed by atoms with Crippen molar-refractivity contribution in [2.24, 2.45) is 5.41 Å². The molecule has 0 amide bonds.